The molecule has 3 N–H and O–H groups in total. The number of rotatable bonds is 4. The molecule has 17 heavy (non-hydrogen) atoms. The van der Waals surface area contributed by atoms with Gasteiger partial charge in [0.2, 0.25) is 0 Å². The van der Waals surface area contributed by atoms with Crippen LogP contribution in [0, 0.1) is 0 Å². The van der Waals surface area contributed by atoms with E-state index in [9.17, 15) is 4.79 Å². The fourth-order valence-electron chi connectivity index (χ4n) is 1.46. The lowest BCUT2D eigenvalue weighted by molar-refractivity contribution is 1.04. The van der Waals surface area contributed by atoms with E-state index in [2.05, 4.69) is 9.97 Å². The Morgan fingerprint density at radius 1 is 1.35 bits per heavy atom. The SMILES string of the molecule is Cl.NCCSCc1nc2ccccc2c(=O)[nH]1. The molecule has 4 nitrogen and oxygen atoms in total. The van der Waals surface area contributed by atoms with Gasteiger partial charge >= 0.3 is 0 Å². The molecule has 0 spiro atoms. The summed E-state index contributed by atoms with van der Waals surface area (Å²) in [4.78, 5) is 18.9. The van der Waals surface area contributed by atoms with Gasteiger partial charge in [0.05, 0.1) is 16.7 Å². The number of thioether (sulfide) groups is 1. The number of aromatic amines is 1. The normalized spacial score (nSPS) is 10.2. The lowest BCUT2D eigenvalue weighted by Gasteiger charge is -2.02. The Balaban J connectivity index is 0.00000144. The molecule has 0 aliphatic heterocycles. The number of nitrogens with zero attached hydrogens (tertiary/aromatic N) is 1. The van der Waals surface area contributed by atoms with E-state index in [1.165, 1.54) is 0 Å². The fraction of sp³-hybridized carbons (Fsp3) is 0.273. The molecule has 0 bridgehead atoms. The van der Waals surface area contributed by atoms with Crippen molar-refractivity contribution < 1.29 is 0 Å². The van der Waals surface area contributed by atoms with Crippen LogP contribution in [0.25, 0.3) is 10.9 Å². The number of hydrogen-bond acceptors (Lipinski definition) is 4. The van der Waals surface area contributed by atoms with Gasteiger partial charge in [-0.15, -0.1) is 12.4 Å². The summed E-state index contributed by atoms with van der Waals surface area (Å²) in [6, 6.07) is 7.34. The van der Waals surface area contributed by atoms with Crippen LogP contribution in [0.3, 0.4) is 0 Å². The Labute approximate surface area is 109 Å². The van der Waals surface area contributed by atoms with Gasteiger partial charge in [0, 0.05) is 12.3 Å². The Hall–Kier alpha value is -1.04. The van der Waals surface area contributed by atoms with Crippen molar-refractivity contribution in [2.24, 2.45) is 5.73 Å². The van der Waals surface area contributed by atoms with Gasteiger partial charge in [-0.25, -0.2) is 4.98 Å². The number of benzene rings is 1. The Kier molecular flexibility index (Phi) is 5.47. The monoisotopic (exact) mass is 271 g/mol. The maximum atomic E-state index is 11.7. The summed E-state index contributed by atoms with van der Waals surface area (Å²) < 4.78 is 0. The van der Waals surface area contributed by atoms with Crippen molar-refractivity contribution in [2.75, 3.05) is 12.3 Å². The van der Waals surface area contributed by atoms with E-state index in [0.29, 0.717) is 23.5 Å². The first-order valence-corrected chi connectivity index (χ1v) is 6.22. The second-order valence-electron chi connectivity index (χ2n) is 3.37. The van der Waals surface area contributed by atoms with Crippen LogP contribution in [0.4, 0.5) is 0 Å². The summed E-state index contributed by atoms with van der Waals surface area (Å²) >= 11 is 1.67. The van der Waals surface area contributed by atoms with E-state index < -0.39 is 0 Å². The molecule has 0 amide bonds. The van der Waals surface area contributed by atoms with Gasteiger partial charge in [0.1, 0.15) is 5.82 Å². The molecule has 1 aromatic heterocycles. The first-order valence-electron chi connectivity index (χ1n) is 5.07. The maximum Gasteiger partial charge on any atom is 0.258 e. The Morgan fingerprint density at radius 3 is 2.88 bits per heavy atom. The van der Waals surface area contributed by atoms with Gasteiger partial charge in [0.15, 0.2) is 0 Å². The van der Waals surface area contributed by atoms with E-state index in [0.717, 1.165) is 11.3 Å². The molecule has 1 heterocycles. The predicted molar refractivity (Wildman–Crippen MR) is 74.8 cm³/mol. The van der Waals surface area contributed by atoms with Crippen molar-refractivity contribution in [2.45, 2.75) is 5.75 Å². The predicted octanol–water partition coefficient (Wildman–Crippen LogP) is 1.54. The summed E-state index contributed by atoms with van der Waals surface area (Å²) in [5.74, 6) is 2.27. The minimum absolute atomic E-state index is 0. The van der Waals surface area contributed by atoms with E-state index in [-0.39, 0.29) is 18.0 Å². The van der Waals surface area contributed by atoms with Crippen molar-refractivity contribution in [3.8, 4) is 0 Å². The Morgan fingerprint density at radius 2 is 2.12 bits per heavy atom. The molecule has 0 aliphatic carbocycles. The van der Waals surface area contributed by atoms with E-state index in [1.807, 2.05) is 18.2 Å². The van der Waals surface area contributed by atoms with Crippen molar-refractivity contribution >= 4 is 35.1 Å². The van der Waals surface area contributed by atoms with Crippen LogP contribution in [-0.4, -0.2) is 22.3 Å². The van der Waals surface area contributed by atoms with Crippen molar-refractivity contribution in [1.29, 1.82) is 0 Å². The summed E-state index contributed by atoms with van der Waals surface area (Å²) in [6.45, 7) is 0.641. The third-order valence-corrected chi connectivity index (χ3v) is 3.16. The minimum atomic E-state index is -0.0750. The maximum absolute atomic E-state index is 11.7. The first-order chi connectivity index (χ1) is 7.81. The molecule has 2 aromatic rings. The molecule has 0 saturated carbocycles. The minimum Gasteiger partial charge on any atom is -0.330 e. The molecular weight excluding hydrogens is 258 g/mol. The van der Waals surface area contributed by atoms with Crippen molar-refractivity contribution in [3.63, 3.8) is 0 Å². The van der Waals surface area contributed by atoms with Gasteiger partial charge in [-0.1, -0.05) is 12.1 Å². The molecule has 0 atom stereocenters. The van der Waals surface area contributed by atoms with E-state index >= 15 is 0 Å². The third kappa shape index (κ3) is 3.46. The van der Waals surface area contributed by atoms with E-state index in [4.69, 9.17) is 5.73 Å². The summed E-state index contributed by atoms with van der Waals surface area (Å²) in [6.07, 6.45) is 0. The fourth-order valence-corrected chi connectivity index (χ4v) is 2.10. The summed E-state index contributed by atoms with van der Waals surface area (Å²) in [5, 5.41) is 0.634. The van der Waals surface area contributed by atoms with Crippen molar-refractivity contribution in [1.82, 2.24) is 9.97 Å². The quantitative estimate of drug-likeness (QED) is 0.828. The molecule has 1 aromatic carbocycles. The molecule has 92 valence electrons. The number of nitrogens with two attached hydrogens (primary N) is 1. The van der Waals surface area contributed by atoms with Crippen LogP contribution >= 0.6 is 24.2 Å². The second kappa shape index (κ2) is 6.64. The van der Waals surface area contributed by atoms with Gasteiger partial charge < -0.3 is 10.7 Å². The van der Waals surface area contributed by atoms with Crippen LogP contribution in [0.15, 0.2) is 29.1 Å². The molecule has 0 unspecified atom stereocenters. The molecular formula is C11H14ClN3OS. The highest BCUT2D eigenvalue weighted by molar-refractivity contribution is 7.98. The lowest BCUT2D eigenvalue weighted by atomic mass is 10.2. The average Bonchev–Trinajstić information content (AvgIpc) is 2.30. The number of H-pyrrole nitrogens is 1. The molecule has 6 heteroatoms. The number of halogens is 1. The highest BCUT2D eigenvalue weighted by atomic mass is 35.5. The largest absolute Gasteiger partial charge is 0.330 e. The van der Waals surface area contributed by atoms with Gasteiger partial charge in [-0.05, 0) is 12.1 Å². The topological polar surface area (TPSA) is 71.8 Å². The number of aromatic nitrogens is 2. The molecule has 0 radical (unpaired) electrons. The zero-order valence-electron chi connectivity index (χ0n) is 9.18. The van der Waals surface area contributed by atoms with Crippen LogP contribution in [0.5, 0.6) is 0 Å². The van der Waals surface area contributed by atoms with Crippen LogP contribution in [0.2, 0.25) is 0 Å². The lowest BCUT2D eigenvalue weighted by Crippen LogP contribution is -2.11. The smallest absolute Gasteiger partial charge is 0.258 e. The number of fused-ring (bicyclic) bond motifs is 1. The standard InChI is InChI=1S/C11H13N3OS.ClH/c12-5-6-16-7-10-13-9-4-2-1-3-8(9)11(15)14-10;/h1-4H,5-7,12H2,(H,13,14,15);1H. The number of para-hydroxylation sites is 1. The first kappa shape index (κ1) is 14.0. The highest BCUT2D eigenvalue weighted by Gasteiger charge is 2.02. The second-order valence-corrected chi connectivity index (χ2v) is 4.48. The highest BCUT2D eigenvalue weighted by Crippen LogP contribution is 2.10. The van der Waals surface area contributed by atoms with Crippen LogP contribution < -0.4 is 11.3 Å². The van der Waals surface area contributed by atoms with E-state index in [1.54, 1.807) is 17.8 Å². The van der Waals surface area contributed by atoms with Gasteiger partial charge in [-0.3, -0.25) is 4.79 Å². The zero-order valence-corrected chi connectivity index (χ0v) is 10.8. The third-order valence-electron chi connectivity index (χ3n) is 2.16. The van der Waals surface area contributed by atoms with Crippen molar-refractivity contribution in [3.05, 3.63) is 40.4 Å². The summed E-state index contributed by atoms with van der Waals surface area (Å²) in [5.41, 5.74) is 6.07. The summed E-state index contributed by atoms with van der Waals surface area (Å²) in [7, 11) is 0. The van der Waals surface area contributed by atoms with Crippen LogP contribution in [-0.2, 0) is 5.75 Å². The average molecular weight is 272 g/mol. The number of hydrogen-bond donors (Lipinski definition) is 2. The van der Waals surface area contributed by atoms with Gasteiger partial charge in [-0.2, -0.15) is 11.8 Å². The Bertz CT molecular complexity index is 543. The van der Waals surface area contributed by atoms with Gasteiger partial charge in [0.25, 0.3) is 5.56 Å². The zero-order chi connectivity index (χ0) is 11.4. The molecule has 0 aliphatic rings. The molecule has 0 saturated heterocycles. The molecule has 2 rings (SSSR count). The molecule has 0 fully saturated rings. The van der Waals surface area contributed by atoms with Crippen LogP contribution in [0.1, 0.15) is 5.82 Å². The number of nitrogens with one attached hydrogen (secondary N) is 1.